The quantitative estimate of drug-likeness (QED) is 0.595. The highest BCUT2D eigenvalue weighted by molar-refractivity contribution is 8.01. The molecule has 0 aliphatic carbocycles. The van der Waals surface area contributed by atoms with E-state index in [9.17, 15) is 13.6 Å². The van der Waals surface area contributed by atoms with Crippen molar-refractivity contribution in [2.24, 2.45) is 0 Å². The monoisotopic (exact) mass is 206 g/mol. The van der Waals surface area contributed by atoms with E-state index in [1.54, 1.807) is 0 Å². The van der Waals surface area contributed by atoms with E-state index < -0.39 is 11.2 Å². The van der Waals surface area contributed by atoms with Gasteiger partial charge >= 0.3 is 11.2 Å². The van der Waals surface area contributed by atoms with Gasteiger partial charge in [0.25, 0.3) is 0 Å². The Kier molecular flexibility index (Phi) is 2.76. The van der Waals surface area contributed by atoms with E-state index in [-0.39, 0.29) is 16.8 Å². The number of alkyl halides is 2. The summed E-state index contributed by atoms with van der Waals surface area (Å²) >= 11 is -0.130. The number of rotatable bonds is 3. The molecule has 0 aromatic carbocycles. The molecule has 7 heteroatoms. The lowest BCUT2D eigenvalue weighted by molar-refractivity contribution is -0.152. The maximum atomic E-state index is 12.5. The van der Waals surface area contributed by atoms with Crippen LogP contribution in [-0.2, 0) is 4.79 Å². The van der Waals surface area contributed by atoms with Crippen LogP contribution in [0.5, 0.6) is 0 Å². The summed E-state index contributed by atoms with van der Waals surface area (Å²) in [5.41, 5.74) is 0. The van der Waals surface area contributed by atoms with E-state index in [0.29, 0.717) is 0 Å². The summed E-state index contributed by atoms with van der Waals surface area (Å²) in [5.74, 6) is -2.18. The van der Waals surface area contributed by atoms with E-state index in [1.807, 2.05) is 0 Å². The molecule has 1 N–H and O–H groups in total. The van der Waals surface area contributed by atoms with Crippen molar-refractivity contribution in [2.75, 3.05) is 0 Å². The average molecular weight is 206 g/mol. The number of hydrogen-bond acceptors (Lipinski definition) is 4. The second-order valence-corrected chi connectivity index (χ2v) is 3.11. The molecular weight excluding hydrogens is 202 g/mol. The Hall–Kier alpha value is -1.24. The van der Waals surface area contributed by atoms with Crippen LogP contribution in [0.4, 0.5) is 8.78 Å². The van der Waals surface area contributed by atoms with E-state index in [4.69, 9.17) is 5.11 Å². The van der Waals surface area contributed by atoms with Gasteiger partial charge in [-0.25, -0.2) is 14.8 Å². The van der Waals surface area contributed by atoms with Gasteiger partial charge in [-0.1, -0.05) is 0 Å². The van der Waals surface area contributed by atoms with E-state index in [2.05, 4.69) is 9.97 Å². The fraction of sp³-hybridized carbons (Fsp3) is 0.167. The van der Waals surface area contributed by atoms with Crippen molar-refractivity contribution in [1.29, 1.82) is 0 Å². The zero-order valence-electron chi connectivity index (χ0n) is 6.15. The second-order valence-electron chi connectivity index (χ2n) is 1.97. The topological polar surface area (TPSA) is 63.1 Å². The Morgan fingerprint density at radius 1 is 1.62 bits per heavy atom. The lowest BCUT2D eigenvalue weighted by Gasteiger charge is -2.08. The van der Waals surface area contributed by atoms with Gasteiger partial charge in [-0.15, -0.1) is 0 Å². The number of carbonyl (C=O) groups is 1. The average Bonchev–Trinajstić information content (AvgIpc) is 2.05. The molecule has 70 valence electrons. The van der Waals surface area contributed by atoms with Crippen molar-refractivity contribution in [1.82, 2.24) is 9.97 Å². The van der Waals surface area contributed by atoms with Gasteiger partial charge in [0, 0.05) is 6.20 Å². The molecule has 4 nitrogen and oxygen atoms in total. The number of aliphatic carboxylic acids is 1. The summed E-state index contributed by atoms with van der Waals surface area (Å²) in [4.78, 5) is 17.0. The third-order valence-corrected chi connectivity index (χ3v) is 1.92. The molecule has 0 unspecified atom stereocenters. The number of carboxylic acid groups (broad SMARTS) is 1. The fourth-order valence-electron chi connectivity index (χ4n) is 0.514. The minimum absolute atomic E-state index is 0.0811. The van der Waals surface area contributed by atoms with Crippen molar-refractivity contribution in [2.45, 2.75) is 10.3 Å². The number of halogens is 2. The molecule has 0 aliphatic rings. The van der Waals surface area contributed by atoms with Gasteiger partial charge in [0.1, 0.15) is 11.4 Å². The van der Waals surface area contributed by atoms with Crippen molar-refractivity contribution < 1.29 is 18.7 Å². The second kappa shape index (κ2) is 3.65. The molecule has 13 heavy (non-hydrogen) atoms. The molecular formula is C6H4F2N2O2S. The van der Waals surface area contributed by atoms with Gasteiger partial charge in [0.05, 0.1) is 0 Å². The van der Waals surface area contributed by atoms with Crippen LogP contribution in [0.3, 0.4) is 0 Å². The molecule has 1 rings (SSSR count). The zero-order valence-corrected chi connectivity index (χ0v) is 6.96. The van der Waals surface area contributed by atoms with Crippen LogP contribution in [0.15, 0.2) is 23.6 Å². The molecule has 0 saturated carbocycles. The van der Waals surface area contributed by atoms with Crippen LogP contribution < -0.4 is 0 Å². The first kappa shape index (κ1) is 9.85. The van der Waals surface area contributed by atoms with Crippen LogP contribution in [0.2, 0.25) is 0 Å². The van der Waals surface area contributed by atoms with Crippen molar-refractivity contribution in [3.05, 3.63) is 18.6 Å². The van der Waals surface area contributed by atoms with Gasteiger partial charge in [-0.2, -0.15) is 8.78 Å². The molecule has 1 aromatic heterocycles. The molecule has 0 atom stereocenters. The van der Waals surface area contributed by atoms with Crippen LogP contribution in [-0.4, -0.2) is 26.3 Å². The number of aromatic nitrogens is 2. The van der Waals surface area contributed by atoms with E-state index in [0.717, 1.165) is 6.33 Å². The molecule has 0 fully saturated rings. The van der Waals surface area contributed by atoms with Crippen LogP contribution in [0.1, 0.15) is 0 Å². The maximum absolute atomic E-state index is 12.5. The molecule has 0 aliphatic heterocycles. The van der Waals surface area contributed by atoms with Crippen LogP contribution >= 0.6 is 11.8 Å². The number of nitrogens with zero attached hydrogens (tertiary/aromatic N) is 2. The third-order valence-electron chi connectivity index (χ3n) is 1.04. The molecule has 0 saturated heterocycles. The predicted molar refractivity (Wildman–Crippen MR) is 40.5 cm³/mol. The summed E-state index contributed by atoms with van der Waals surface area (Å²) in [5, 5.41) is 4.15. The van der Waals surface area contributed by atoms with Crippen molar-refractivity contribution in [3.8, 4) is 0 Å². The summed E-state index contributed by atoms with van der Waals surface area (Å²) < 4.78 is 25.1. The van der Waals surface area contributed by atoms with Gasteiger partial charge < -0.3 is 5.11 Å². The predicted octanol–water partition coefficient (Wildman–Crippen LogP) is 1.25. The van der Waals surface area contributed by atoms with Crippen molar-refractivity contribution in [3.63, 3.8) is 0 Å². The van der Waals surface area contributed by atoms with Gasteiger partial charge in [-0.3, -0.25) is 0 Å². The Labute approximate surface area is 76.0 Å². The Morgan fingerprint density at radius 3 is 2.77 bits per heavy atom. The highest BCUT2D eigenvalue weighted by atomic mass is 32.2. The zero-order chi connectivity index (χ0) is 9.90. The van der Waals surface area contributed by atoms with Gasteiger partial charge in [0.2, 0.25) is 0 Å². The van der Waals surface area contributed by atoms with Gasteiger partial charge in [-0.05, 0) is 17.8 Å². The largest absolute Gasteiger partial charge is 0.476 e. The van der Waals surface area contributed by atoms with Gasteiger partial charge in [0.15, 0.2) is 0 Å². The molecule has 1 heterocycles. The lowest BCUT2D eigenvalue weighted by Crippen LogP contribution is -2.23. The molecule has 0 radical (unpaired) electrons. The third kappa shape index (κ3) is 2.62. The smallest absolute Gasteiger partial charge is 0.394 e. The molecule has 0 amide bonds. The van der Waals surface area contributed by atoms with Crippen molar-refractivity contribution >= 4 is 17.7 Å². The summed E-state index contributed by atoms with van der Waals surface area (Å²) in [7, 11) is 0. The van der Waals surface area contributed by atoms with E-state index >= 15 is 0 Å². The summed E-state index contributed by atoms with van der Waals surface area (Å²) in [6.45, 7) is 0. The molecule has 0 bridgehead atoms. The SMILES string of the molecule is O=C(O)C(F)(F)Sc1ccncn1. The summed E-state index contributed by atoms with van der Waals surface area (Å²) in [6, 6.07) is 1.21. The molecule has 0 spiro atoms. The first-order valence-corrected chi connectivity index (χ1v) is 3.90. The Bertz CT molecular complexity index is 307. The number of hydrogen-bond donors (Lipinski definition) is 1. The first-order valence-electron chi connectivity index (χ1n) is 3.08. The minimum Gasteiger partial charge on any atom is -0.476 e. The number of carboxylic acids is 1. The maximum Gasteiger partial charge on any atom is 0.394 e. The highest BCUT2D eigenvalue weighted by Gasteiger charge is 2.40. The Balaban J connectivity index is 2.75. The highest BCUT2D eigenvalue weighted by Crippen LogP contribution is 2.34. The van der Waals surface area contributed by atoms with Crippen LogP contribution in [0.25, 0.3) is 0 Å². The fourth-order valence-corrected chi connectivity index (χ4v) is 1.09. The Morgan fingerprint density at radius 2 is 2.31 bits per heavy atom. The standard InChI is InChI=1S/C6H4F2N2O2S/c7-6(8,5(11)12)13-4-1-2-9-3-10-4/h1-3H,(H,11,12). The first-order chi connectivity index (χ1) is 6.02. The number of thioether (sulfide) groups is 1. The summed E-state index contributed by atoms with van der Waals surface area (Å²) in [6.07, 6.45) is 2.33. The lowest BCUT2D eigenvalue weighted by atomic mass is 10.7. The molecule has 1 aromatic rings. The normalized spacial score (nSPS) is 11.2. The van der Waals surface area contributed by atoms with E-state index in [1.165, 1.54) is 12.3 Å². The minimum atomic E-state index is -3.85. The van der Waals surface area contributed by atoms with Crippen LogP contribution in [0, 0.1) is 0 Å².